The van der Waals surface area contributed by atoms with E-state index in [1.54, 1.807) is 7.11 Å². The Labute approximate surface area is 121 Å². The highest BCUT2D eigenvalue weighted by Gasteiger charge is 2.31. The van der Waals surface area contributed by atoms with E-state index in [1.807, 2.05) is 19.1 Å². The highest BCUT2D eigenvalue weighted by atomic mass is 16.5. The molecular weight excluding hydrogens is 250 g/mol. The minimum absolute atomic E-state index is 0.641. The first-order chi connectivity index (χ1) is 9.74. The number of nitrogens with one attached hydrogen (secondary N) is 1. The van der Waals surface area contributed by atoms with Crippen LogP contribution in [0, 0.1) is 6.92 Å². The van der Waals surface area contributed by atoms with Gasteiger partial charge in [0.2, 0.25) is 0 Å². The molecule has 0 bridgehead atoms. The van der Waals surface area contributed by atoms with Crippen LogP contribution in [0.25, 0.3) is 0 Å². The van der Waals surface area contributed by atoms with Gasteiger partial charge < -0.3 is 15.0 Å². The molecule has 2 unspecified atom stereocenters. The highest BCUT2D eigenvalue weighted by molar-refractivity contribution is 5.26. The smallest absolute Gasteiger partial charge is 0.122 e. The van der Waals surface area contributed by atoms with Gasteiger partial charge in [-0.05, 0) is 45.7 Å². The van der Waals surface area contributed by atoms with E-state index >= 15 is 0 Å². The summed E-state index contributed by atoms with van der Waals surface area (Å²) < 4.78 is 5.31. The molecule has 0 saturated carbocycles. The lowest BCUT2D eigenvalue weighted by Gasteiger charge is -2.35. The predicted octanol–water partition coefficient (Wildman–Crippen LogP) is 2.12. The third-order valence-corrected chi connectivity index (χ3v) is 4.61. The fraction of sp³-hybridized carbons (Fsp3) is 0.688. The number of pyridine rings is 1. The molecule has 1 aromatic rings. The van der Waals surface area contributed by atoms with Crippen LogP contribution < -0.4 is 10.1 Å². The van der Waals surface area contributed by atoms with E-state index in [1.165, 1.54) is 38.8 Å². The van der Waals surface area contributed by atoms with Gasteiger partial charge in [0, 0.05) is 36.5 Å². The molecule has 1 N–H and O–H groups in total. The Kier molecular flexibility index (Phi) is 4.22. The van der Waals surface area contributed by atoms with Crippen LogP contribution in [0.4, 0.5) is 0 Å². The molecule has 4 nitrogen and oxygen atoms in total. The standard InChI is InChI=1S/C16H25N3O/c1-12-8-16(20-2)10-14(18-12)11-17-13-5-7-19-6-3-4-15(19)9-13/h8,10,13,15,17H,3-7,9,11H2,1-2H3. The van der Waals surface area contributed by atoms with Crippen LogP contribution in [0.1, 0.15) is 37.1 Å². The molecule has 2 fully saturated rings. The fourth-order valence-corrected chi connectivity index (χ4v) is 3.57. The molecule has 2 saturated heterocycles. The second-order valence-electron chi connectivity index (χ2n) is 6.07. The van der Waals surface area contributed by atoms with Crippen molar-refractivity contribution in [2.24, 2.45) is 0 Å². The lowest BCUT2D eigenvalue weighted by atomic mass is 9.97. The molecule has 0 spiro atoms. The Morgan fingerprint density at radius 3 is 3.10 bits per heavy atom. The van der Waals surface area contributed by atoms with Crippen LogP contribution in [0.2, 0.25) is 0 Å². The maximum absolute atomic E-state index is 5.31. The maximum atomic E-state index is 5.31. The SMILES string of the molecule is COc1cc(C)nc(CNC2CCN3CCCC3C2)c1. The zero-order valence-electron chi connectivity index (χ0n) is 12.6. The van der Waals surface area contributed by atoms with Crippen molar-refractivity contribution in [1.29, 1.82) is 0 Å². The number of aromatic nitrogens is 1. The van der Waals surface area contributed by atoms with Gasteiger partial charge in [0.1, 0.15) is 5.75 Å². The molecule has 0 aliphatic carbocycles. The van der Waals surface area contributed by atoms with Crippen LogP contribution in [0.15, 0.2) is 12.1 Å². The largest absolute Gasteiger partial charge is 0.497 e. The van der Waals surface area contributed by atoms with E-state index < -0.39 is 0 Å². The first-order valence-electron chi connectivity index (χ1n) is 7.73. The van der Waals surface area contributed by atoms with Crippen molar-refractivity contribution in [3.05, 3.63) is 23.5 Å². The number of ether oxygens (including phenoxy) is 1. The van der Waals surface area contributed by atoms with Crippen molar-refractivity contribution in [3.8, 4) is 5.75 Å². The Balaban J connectivity index is 1.55. The first kappa shape index (κ1) is 13.8. The molecule has 110 valence electrons. The summed E-state index contributed by atoms with van der Waals surface area (Å²) >= 11 is 0. The van der Waals surface area contributed by atoms with Gasteiger partial charge in [-0.2, -0.15) is 0 Å². The molecule has 20 heavy (non-hydrogen) atoms. The second-order valence-corrected chi connectivity index (χ2v) is 6.07. The summed E-state index contributed by atoms with van der Waals surface area (Å²) in [6.45, 7) is 5.43. The van der Waals surface area contributed by atoms with Gasteiger partial charge in [-0.15, -0.1) is 0 Å². The molecule has 0 amide bonds. The maximum Gasteiger partial charge on any atom is 0.122 e. The third kappa shape index (κ3) is 3.13. The highest BCUT2D eigenvalue weighted by Crippen LogP contribution is 2.27. The van der Waals surface area contributed by atoms with Crippen LogP contribution in [0.3, 0.4) is 0 Å². The predicted molar refractivity (Wildman–Crippen MR) is 80.0 cm³/mol. The summed E-state index contributed by atoms with van der Waals surface area (Å²) in [5, 5.41) is 3.68. The van der Waals surface area contributed by atoms with Gasteiger partial charge in [0.25, 0.3) is 0 Å². The Morgan fingerprint density at radius 1 is 1.35 bits per heavy atom. The van der Waals surface area contributed by atoms with Crippen LogP contribution >= 0.6 is 0 Å². The van der Waals surface area contributed by atoms with Crippen LogP contribution in [-0.4, -0.2) is 42.2 Å². The Bertz CT molecular complexity index is 463. The van der Waals surface area contributed by atoms with Gasteiger partial charge in [-0.3, -0.25) is 4.98 Å². The van der Waals surface area contributed by atoms with E-state index in [9.17, 15) is 0 Å². The van der Waals surface area contributed by atoms with Crippen LogP contribution in [-0.2, 0) is 6.54 Å². The zero-order chi connectivity index (χ0) is 13.9. The minimum atomic E-state index is 0.641. The van der Waals surface area contributed by atoms with Gasteiger partial charge in [0.05, 0.1) is 12.8 Å². The number of piperidine rings is 1. The third-order valence-electron chi connectivity index (χ3n) is 4.61. The van der Waals surface area contributed by atoms with E-state index in [2.05, 4.69) is 15.2 Å². The Morgan fingerprint density at radius 2 is 2.25 bits per heavy atom. The molecule has 3 heterocycles. The van der Waals surface area contributed by atoms with E-state index in [-0.39, 0.29) is 0 Å². The van der Waals surface area contributed by atoms with E-state index in [4.69, 9.17) is 4.74 Å². The second kappa shape index (κ2) is 6.10. The van der Waals surface area contributed by atoms with Gasteiger partial charge >= 0.3 is 0 Å². The molecule has 0 radical (unpaired) electrons. The lowest BCUT2D eigenvalue weighted by Crippen LogP contribution is -2.45. The molecule has 1 aromatic heterocycles. The number of hydrogen-bond donors (Lipinski definition) is 1. The minimum Gasteiger partial charge on any atom is -0.497 e. The molecule has 2 atom stereocenters. The number of fused-ring (bicyclic) bond motifs is 1. The summed E-state index contributed by atoms with van der Waals surface area (Å²) in [5.41, 5.74) is 2.10. The molecular formula is C16H25N3O. The zero-order valence-corrected chi connectivity index (χ0v) is 12.6. The van der Waals surface area contributed by atoms with Crippen molar-refractivity contribution in [1.82, 2.24) is 15.2 Å². The lowest BCUT2D eigenvalue weighted by molar-refractivity contribution is 0.166. The Hall–Kier alpha value is -1.13. The van der Waals surface area contributed by atoms with Crippen LogP contribution in [0.5, 0.6) is 5.75 Å². The monoisotopic (exact) mass is 275 g/mol. The topological polar surface area (TPSA) is 37.4 Å². The van der Waals surface area contributed by atoms with Gasteiger partial charge in [-0.1, -0.05) is 0 Å². The van der Waals surface area contributed by atoms with Gasteiger partial charge in [-0.25, -0.2) is 0 Å². The average Bonchev–Trinajstić information content (AvgIpc) is 2.92. The number of aryl methyl sites for hydroxylation is 1. The van der Waals surface area contributed by atoms with Crippen molar-refractivity contribution in [2.45, 2.75) is 51.2 Å². The number of hydrogen-bond acceptors (Lipinski definition) is 4. The van der Waals surface area contributed by atoms with Gasteiger partial charge in [0.15, 0.2) is 0 Å². The van der Waals surface area contributed by atoms with Crippen molar-refractivity contribution >= 4 is 0 Å². The first-order valence-corrected chi connectivity index (χ1v) is 7.73. The van der Waals surface area contributed by atoms with Crippen molar-refractivity contribution < 1.29 is 4.74 Å². The van der Waals surface area contributed by atoms with E-state index in [0.717, 1.165) is 29.7 Å². The molecule has 3 rings (SSSR count). The van der Waals surface area contributed by atoms with Crippen molar-refractivity contribution in [3.63, 3.8) is 0 Å². The quantitative estimate of drug-likeness (QED) is 0.913. The summed E-state index contributed by atoms with van der Waals surface area (Å²) in [5.74, 6) is 0.903. The summed E-state index contributed by atoms with van der Waals surface area (Å²) in [7, 11) is 1.71. The number of methoxy groups -OCH3 is 1. The molecule has 0 aromatic carbocycles. The normalized spacial score (nSPS) is 26.5. The average molecular weight is 275 g/mol. The summed E-state index contributed by atoms with van der Waals surface area (Å²) in [6, 6.07) is 5.47. The fourth-order valence-electron chi connectivity index (χ4n) is 3.57. The number of nitrogens with zero attached hydrogens (tertiary/aromatic N) is 2. The summed E-state index contributed by atoms with van der Waals surface area (Å²) in [6.07, 6.45) is 5.32. The molecule has 4 heteroatoms. The summed E-state index contributed by atoms with van der Waals surface area (Å²) in [4.78, 5) is 7.24. The van der Waals surface area contributed by atoms with Crippen molar-refractivity contribution in [2.75, 3.05) is 20.2 Å². The number of rotatable bonds is 4. The molecule has 2 aliphatic rings. The van der Waals surface area contributed by atoms with E-state index in [0.29, 0.717) is 6.04 Å². The molecule has 2 aliphatic heterocycles.